The molecule has 8 nitrogen and oxygen atoms in total. The van der Waals surface area contributed by atoms with Crippen molar-refractivity contribution in [3.8, 4) is 11.1 Å². The van der Waals surface area contributed by atoms with Crippen LogP contribution in [0.5, 0.6) is 0 Å². The van der Waals surface area contributed by atoms with E-state index in [4.69, 9.17) is 0 Å². The first-order valence-electron chi connectivity index (χ1n) is 10.3. The number of pyridine rings is 1. The number of carbonyl (C=O) groups excluding carboxylic acids is 1. The Morgan fingerprint density at radius 3 is 2.65 bits per heavy atom. The highest BCUT2D eigenvalue weighted by Gasteiger charge is 2.24. The van der Waals surface area contributed by atoms with Gasteiger partial charge < -0.3 is 5.32 Å². The van der Waals surface area contributed by atoms with Gasteiger partial charge in [0.05, 0.1) is 5.69 Å². The Morgan fingerprint density at radius 2 is 1.94 bits per heavy atom. The van der Waals surface area contributed by atoms with Gasteiger partial charge in [0, 0.05) is 35.8 Å². The lowest BCUT2D eigenvalue weighted by Gasteiger charge is -2.23. The second-order valence-corrected chi connectivity index (χ2v) is 9.49. The fraction of sp³-hybridized carbons (Fsp3) is 0.318. The van der Waals surface area contributed by atoms with Gasteiger partial charge in [0.1, 0.15) is 0 Å². The number of carbonyl (C=O) groups is 1. The van der Waals surface area contributed by atoms with Crippen LogP contribution < -0.4 is 10.0 Å². The predicted molar refractivity (Wildman–Crippen MR) is 118 cm³/mol. The molecule has 2 aromatic heterocycles. The molecule has 0 saturated heterocycles. The molecule has 9 heteroatoms. The minimum Gasteiger partial charge on any atom is -0.306 e. The second-order valence-electron chi connectivity index (χ2n) is 7.86. The number of rotatable bonds is 5. The molecular formula is C22H25N5O3S. The van der Waals surface area contributed by atoms with Crippen molar-refractivity contribution in [2.45, 2.75) is 50.6 Å². The monoisotopic (exact) mass is 439 g/mol. The third-order valence-corrected chi connectivity index (χ3v) is 6.58. The zero-order valence-electron chi connectivity index (χ0n) is 17.5. The summed E-state index contributed by atoms with van der Waals surface area (Å²) in [6, 6.07) is 8.34. The molecule has 2 heterocycles. The molecule has 162 valence electrons. The van der Waals surface area contributed by atoms with E-state index in [9.17, 15) is 13.2 Å². The van der Waals surface area contributed by atoms with E-state index in [0.717, 1.165) is 42.4 Å². The van der Waals surface area contributed by atoms with Gasteiger partial charge in [-0.1, -0.05) is 18.2 Å². The highest BCUT2D eigenvalue weighted by molar-refractivity contribution is 7.90. The minimum atomic E-state index is -4.10. The molecule has 4 rings (SSSR count). The Labute approximate surface area is 181 Å². The van der Waals surface area contributed by atoms with E-state index >= 15 is 0 Å². The van der Waals surface area contributed by atoms with Crippen LogP contribution in [0.4, 0.5) is 10.5 Å². The molecule has 1 aliphatic carbocycles. The third kappa shape index (κ3) is 4.46. The molecule has 0 atom stereocenters. The van der Waals surface area contributed by atoms with Crippen LogP contribution in [0.25, 0.3) is 11.1 Å². The molecule has 31 heavy (non-hydrogen) atoms. The number of nitrogens with zero attached hydrogens (tertiary/aromatic N) is 3. The van der Waals surface area contributed by atoms with Crippen LogP contribution in [0.1, 0.15) is 43.9 Å². The quantitative estimate of drug-likeness (QED) is 0.627. The predicted octanol–water partition coefficient (Wildman–Crippen LogP) is 3.92. The maximum Gasteiger partial charge on any atom is 0.333 e. The van der Waals surface area contributed by atoms with Gasteiger partial charge in [-0.05, 0) is 62.8 Å². The van der Waals surface area contributed by atoms with Crippen LogP contribution in [-0.2, 0) is 22.9 Å². The fourth-order valence-electron chi connectivity index (χ4n) is 3.80. The number of hydrogen-bond donors (Lipinski definition) is 2. The average Bonchev–Trinajstić information content (AvgIpc) is 3.26. The Bertz CT molecular complexity index is 1200. The van der Waals surface area contributed by atoms with Crippen LogP contribution in [0.15, 0.2) is 53.9 Å². The van der Waals surface area contributed by atoms with Crippen molar-refractivity contribution < 1.29 is 13.2 Å². The lowest BCUT2D eigenvalue weighted by molar-refractivity contribution is 0.256. The molecule has 0 unspecified atom stereocenters. The molecule has 0 spiro atoms. The number of sulfonamides is 1. The molecular weight excluding hydrogens is 414 g/mol. The number of amides is 2. The molecule has 1 aromatic carbocycles. The standard InChI is InChI=1S/C22H25N5O3S/c1-15(2)27-13-11-20(25-27)31(29,30)26-22(28)24-21-18-8-4-3-6-16(18)9-10-19(21)17-7-5-12-23-14-17/h5,7,9-15H,3-4,6,8H2,1-2H3,(H2,24,26,28). The number of nitrogens with one attached hydrogen (secondary N) is 2. The Hall–Kier alpha value is -3.20. The summed E-state index contributed by atoms with van der Waals surface area (Å²) in [5, 5.41) is 6.66. The van der Waals surface area contributed by atoms with Crippen molar-refractivity contribution >= 4 is 21.7 Å². The summed E-state index contributed by atoms with van der Waals surface area (Å²) in [7, 11) is -4.10. The van der Waals surface area contributed by atoms with Crippen molar-refractivity contribution in [2.75, 3.05) is 5.32 Å². The highest BCUT2D eigenvalue weighted by Crippen LogP contribution is 2.36. The van der Waals surface area contributed by atoms with Crippen LogP contribution in [0, 0.1) is 0 Å². The van der Waals surface area contributed by atoms with Gasteiger partial charge in [0.2, 0.25) is 0 Å². The van der Waals surface area contributed by atoms with Gasteiger partial charge >= 0.3 is 6.03 Å². The van der Waals surface area contributed by atoms with Gasteiger partial charge in [-0.3, -0.25) is 9.67 Å². The van der Waals surface area contributed by atoms with E-state index in [0.29, 0.717) is 5.69 Å². The van der Waals surface area contributed by atoms with E-state index in [1.807, 2.05) is 32.0 Å². The first kappa shape index (κ1) is 21.0. The zero-order chi connectivity index (χ0) is 22.0. The molecule has 0 bridgehead atoms. The maximum absolute atomic E-state index is 12.8. The van der Waals surface area contributed by atoms with Gasteiger partial charge in [-0.2, -0.15) is 13.5 Å². The Morgan fingerprint density at radius 1 is 1.13 bits per heavy atom. The minimum absolute atomic E-state index is 0.00987. The largest absolute Gasteiger partial charge is 0.333 e. The molecule has 1 aliphatic rings. The summed E-state index contributed by atoms with van der Waals surface area (Å²) >= 11 is 0. The summed E-state index contributed by atoms with van der Waals surface area (Å²) in [5.41, 5.74) is 4.51. The summed E-state index contributed by atoms with van der Waals surface area (Å²) in [5.74, 6) is 0. The number of aromatic nitrogens is 3. The van der Waals surface area contributed by atoms with Crippen molar-refractivity contribution in [3.05, 3.63) is 60.0 Å². The highest BCUT2D eigenvalue weighted by atomic mass is 32.2. The summed E-state index contributed by atoms with van der Waals surface area (Å²) in [4.78, 5) is 16.9. The third-order valence-electron chi connectivity index (χ3n) is 5.36. The van der Waals surface area contributed by atoms with Crippen LogP contribution in [-0.4, -0.2) is 29.2 Å². The van der Waals surface area contributed by atoms with Crippen molar-refractivity contribution in [1.29, 1.82) is 0 Å². The SMILES string of the molecule is CC(C)n1ccc(S(=O)(=O)NC(=O)Nc2c(-c3cccnc3)ccc3c2CCCC3)n1. The van der Waals surface area contributed by atoms with Gasteiger partial charge in [0.15, 0.2) is 5.03 Å². The number of anilines is 1. The second kappa shape index (κ2) is 8.50. The van der Waals surface area contributed by atoms with Gasteiger partial charge in [-0.25, -0.2) is 9.52 Å². The normalized spacial score (nSPS) is 13.6. The van der Waals surface area contributed by atoms with E-state index in [1.165, 1.54) is 16.3 Å². The number of aryl methyl sites for hydroxylation is 1. The van der Waals surface area contributed by atoms with E-state index in [1.54, 1.807) is 18.6 Å². The van der Waals surface area contributed by atoms with Crippen LogP contribution in [0.3, 0.4) is 0 Å². The van der Waals surface area contributed by atoms with Crippen molar-refractivity contribution in [1.82, 2.24) is 19.5 Å². The first-order valence-corrected chi connectivity index (χ1v) is 11.8. The molecule has 2 N–H and O–H groups in total. The number of fused-ring (bicyclic) bond motifs is 1. The smallest absolute Gasteiger partial charge is 0.306 e. The molecule has 2 amide bonds. The number of urea groups is 1. The fourth-order valence-corrected chi connectivity index (χ4v) is 4.64. The molecule has 0 aliphatic heterocycles. The topological polar surface area (TPSA) is 106 Å². The number of benzene rings is 1. The number of hydrogen-bond acceptors (Lipinski definition) is 5. The van der Waals surface area contributed by atoms with Gasteiger partial charge in [0.25, 0.3) is 10.0 Å². The Kier molecular flexibility index (Phi) is 5.77. The average molecular weight is 440 g/mol. The summed E-state index contributed by atoms with van der Waals surface area (Å²) in [6.07, 6.45) is 8.86. The van der Waals surface area contributed by atoms with Crippen molar-refractivity contribution in [3.63, 3.8) is 0 Å². The maximum atomic E-state index is 12.8. The van der Waals surface area contributed by atoms with E-state index in [2.05, 4.69) is 26.2 Å². The summed E-state index contributed by atoms with van der Waals surface area (Å²) in [6.45, 7) is 3.78. The zero-order valence-corrected chi connectivity index (χ0v) is 18.3. The lowest BCUT2D eigenvalue weighted by atomic mass is 9.87. The van der Waals surface area contributed by atoms with Crippen molar-refractivity contribution in [2.24, 2.45) is 0 Å². The molecule has 0 radical (unpaired) electrons. The van der Waals surface area contributed by atoms with Gasteiger partial charge in [-0.15, -0.1) is 0 Å². The Balaban J connectivity index is 1.64. The first-order chi connectivity index (χ1) is 14.8. The molecule has 0 saturated carbocycles. The van der Waals surface area contributed by atoms with E-state index in [-0.39, 0.29) is 11.1 Å². The van der Waals surface area contributed by atoms with E-state index < -0.39 is 16.1 Å². The molecule has 0 fully saturated rings. The molecule has 3 aromatic rings. The summed E-state index contributed by atoms with van der Waals surface area (Å²) < 4.78 is 28.9. The lowest BCUT2D eigenvalue weighted by Crippen LogP contribution is -2.35. The van der Waals surface area contributed by atoms with Crippen LogP contribution in [0.2, 0.25) is 0 Å². The van der Waals surface area contributed by atoms with Crippen LogP contribution >= 0.6 is 0 Å².